The number of hydrogen-bond donors (Lipinski definition) is 1. The van der Waals surface area contributed by atoms with Crippen molar-refractivity contribution in [1.29, 1.82) is 0 Å². The molecule has 0 saturated carbocycles. The topological polar surface area (TPSA) is 60.2 Å². The van der Waals surface area contributed by atoms with Gasteiger partial charge in [0.15, 0.2) is 18.2 Å². The zero-order valence-corrected chi connectivity index (χ0v) is 11.8. The fourth-order valence-corrected chi connectivity index (χ4v) is 1.87. The highest BCUT2D eigenvalue weighted by molar-refractivity contribution is 5.30. The molecule has 0 spiro atoms. The summed E-state index contributed by atoms with van der Waals surface area (Å²) in [6.45, 7) is 6.60. The minimum atomic E-state index is -0.396. The first kappa shape index (κ1) is 14.5. The summed E-state index contributed by atoms with van der Waals surface area (Å²) in [7, 11) is 0. The summed E-state index contributed by atoms with van der Waals surface area (Å²) >= 11 is 0. The summed E-state index contributed by atoms with van der Waals surface area (Å²) in [5, 5.41) is 6.92. The third-order valence-electron chi connectivity index (χ3n) is 2.89. The lowest BCUT2D eigenvalue weighted by Crippen LogP contribution is -2.17. The summed E-state index contributed by atoms with van der Waals surface area (Å²) < 4.78 is 24.1. The molecule has 108 valence electrons. The molecule has 2 rings (SSSR count). The summed E-state index contributed by atoms with van der Waals surface area (Å²) in [6.07, 6.45) is 0. The predicted octanol–water partition coefficient (Wildman–Crippen LogP) is 2.77. The number of ether oxygens (including phenoxy) is 1. The fraction of sp³-hybridized carbons (Fsp3) is 0.429. The van der Waals surface area contributed by atoms with Crippen molar-refractivity contribution >= 4 is 0 Å². The van der Waals surface area contributed by atoms with E-state index in [-0.39, 0.29) is 18.4 Å². The number of aryl methyl sites for hydroxylation is 1. The van der Waals surface area contributed by atoms with Crippen molar-refractivity contribution in [2.24, 2.45) is 0 Å². The number of aromatic nitrogens is 2. The van der Waals surface area contributed by atoms with Gasteiger partial charge in [-0.2, -0.15) is 4.98 Å². The van der Waals surface area contributed by atoms with Gasteiger partial charge in [-0.05, 0) is 31.2 Å². The first-order chi connectivity index (χ1) is 9.60. The van der Waals surface area contributed by atoms with Crippen LogP contribution in [-0.2, 0) is 6.61 Å². The second-order valence-corrected chi connectivity index (χ2v) is 4.49. The predicted molar refractivity (Wildman–Crippen MR) is 71.9 cm³/mol. The third kappa shape index (κ3) is 3.54. The summed E-state index contributed by atoms with van der Waals surface area (Å²) in [4.78, 5) is 3.99. The molecular weight excluding hydrogens is 261 g/mol. The molecule has 0 bridgehead atoms. The number of hydrogen-bond acceptors (Lipinski definition) is 5. The monoisotopic (exact) mass is 279 g/mol. The molecule has 2 aromatic rings. The van der Waals surface area contributed by atoms with Gasteiger partial charge in [-0.1, -0.05) is 18.1 Å². The van der Waals surface area contributed by atoms with Crippen LogP contribution in [0.2, 0.25) is 0 Å². The van der Waals surface area contributed by atoms with Crippen LogP contribution in [0.1, 0.15) is 37.2 Å². The maximum Gasteiger partial charge on any atom is 0.223 e. The first-order valence-corrected chi connectivity index (χ1v) is 6.55. The van der Waals surface area contributed by atoms with Crippen LogP contribution in [0, 0.1) is 12.7 Å². The maximum atomic E-state index is 13.9. The van der Waals surface area contributed by atoms with E-state index >= 15 is 0 Å². The van der Waals surface area contributed by atoms with E-state index in [1.807, 2.05) is 19.9 Å². The van der Waals surface area contributed by atoms with Crippen LogP contribution in [-0.4, -0.2) is 16.7 Å². The largest absolute Gasteiger partial charge is 0.482 e. The molecule has 0 radical (unpaired) electrons. The maximum absolute atomic E-state index is 13.9. The zero-order chi connectivity index (χ0) is 14.5. The van der Waals surface area contributed by atoms with Crippen molar-refractivity contribution in [3.63, 3.8) is 0 Å². The van der Waals surface area contributed by atoms with Crippen molar-refractivity contribution in [3.8, 4) is 5.75 Å². The van der Waals surface area contributed by atoms with Gasteiger partial charge in [-0.25, -0.2) is 4.39 Å². The SMILES string of the molecule is CCNC(C)c1ccc(OCc2noc(C)n2)c(F)c1. The van der Waals surface area contributed by atoms with Gasteiger partial charge in [0.1, 0.15) is 0 Å². The Morgan fingerprint density at radius 2 is 2.25 bits per heavy atom. The second-order valence-electron chi connectivity index (χ2n) is 4.49. The highest BCUT2D eigenvalue weighted by Gasteiger charge is 2.10. The molecule has 0 aliphatic carbocycles. The molecule has 1 heterocycles. The highest BCUT2D eigenvalue weighted by atomic mass is 19.1. The molecule has 20 heavy (non-hydrogen) atoms. The number of nitrogens with one attached hydrogen (secondary N) is 1. The van der Waals surface area contributed by atoms with Gasteiger partial charge >= 0.3 is 0 Å². The van der Waals surface area contributed by atoms with E-state index in [2.05, 4.69) is 15.5 Å². The number of benzene rings is 1. The molecule has 1 N–H and O–H groups in total. The molecule has 5 nitrogen and oxygen atoms in total. The van der Waals surface area contributed by atoms with Crippen LogP contribution in [0.15, 0.2) is 22.7 Å². The zero-order valence-electron chi connectivity index (χ0n) is 11.8. The van der Waals surface area contributed by atoms with Gasteiger partial charge in [0.25, 0.3) is 0 Å². The Kier molecular flexibility index (Phi) is 4.68. The van der Waals surface area contributed by atoms with Gasteiger partial charge < -0.3 is 14.6 Å². The second kappa shape index (κ2) is 6.47. The Balaban J connectivity index is 2.02. The lowest BCUT2D eigenvalue weighted by atomic mass is 10.1. The molecule has 1 aromatic heterocycles. The van der Waals surface area contributed by atoms with Gasteiger partial charge in [-0.15, -0.1) is 0 Å². The Bertz CT molecular complexity index is 571. The number of rotatable bonds is 6. The number of halogens is 1. The van der Waals surface area contributed by atoms with E-state index in [9.17, 15) is 4.39 Å². The summed E-state index contributed by atoms with van der Waals surface area (Å²) in [6, 6.07) is 5.03. The average Bonchev–Trinajstić information content (AvgIpc) is 2.83. The van der Waals surface area contributed by atoms with E-state index in [0.717, 1.165) is 12.1 Å². The molecule has 1 unspecified atom stereocenters. The minimum absolute atomic E-state index is 0.0797. The van der Waals surface area contributed by atoms with E-state index < -0.39 is 5.82 Å². The molecule has 0 aliphatic heterocycles. The van der Waals surface area contributed by atoms with E-state index in [0.29, 0.717) is 11.7 Å². The van der Waals surface area contributed by atoms with E-state index in [4.69, 9.17) is 9.26 Å². The minimum Gasteiger partial charge on any atom is -0.482 e. The molecule has 0 amide bonds. The molecule has 0 saturated heterocycles. The quantitative estimate of drug-likeness (QED) is 0.881. The van der Waals surface area contributed by atoms with Crippen molar-refractivity contribution in [2.75, 3.05) is 6.54 Å². The Labute approximate surface area is 117 Å². The highest BCUT2D eigenvalue weighted by Crippen LogP contribution is 2.22. The van der Waals surface area contributed by atoms with Crippen LogP contribution in [0.5, 0.6) is 5.75 Å². The normalized spacial score (nSPS) is 12.4. The Hall–Kier alpha value is -1.95. The number of nitrogens with zero attached hydrogens (tertiary/aromatic N) is 2. The van der Waals surface area contributed by atoms with Crippen molar-refractivity contribution in [1.82, 2.24) is 15.5 Å². The van der Waals surface area contributed by atoms with Crippen molar-refractivity contribution in [3.05, 3.63) is 41.3 Å². The fourth-order valence-electron chi connectivity index (χ4n) is 1.87. The van der Waals surface area contributed by atoms with Gasteiger partial charge in [0.05, 0.1) is 0 Å². The third-order valence-corrected chi connectivity index (χ3v) is 2.89. The van der Waals surface area contributed by atoms with Gasteiger partial charge in [0, 0.05) is 13.0 Å². The van der Waals surface area contributed by atoms with Crippen molar-refractivity contribution in [2.45, 2.75) is 33.4 Å². The Morgan fingerprint density at radius 1 is 1.45 bits per heavy atom. The van der Waals surface area contributed by atoms with Gasteiger partial charge in [0.2, 0.25) is 11.7 Å². The van der Waals surface area contributed by atoms with Crippen molar-refractivity contribution < 1.29 is 13.7 Å². The van der Waals surface area contributed by atoms with Crippen LogP contribution < -0.4 is 10.1 Å². The lowest BCUT2D eigenvalue weighted by Gasteiger charge is -2.14. The summed E-state index contributed by atoms with van der Waals surface area (Å²) in [5.41, 5.74) is 0.882. The standard InChI is InChI=1S/C14H18FN3O2/c1-4-16-9(2)11-5-6-13(12(15)7-11)19-8-14-17-10(3)20-18-14/h5-7,9,16H,4,8H2,1-3H3. The molecule has 1 atom stereocenters. The van der Waals surface area contributed by atoms with Crippen LogP contribution in [0.3, 0.4) is 0 Å². The average molecular weight is 279 g/mol. The molecule has 6 heteroatoms. The molecule has 0 fully saturated rings. The van der Waals surface area contributed by atoms with Gasteiger partial charge in [-0.3, -0.25) is 0 Å². The smallest absolute Gasteiger partial charge is 0.223 e. The van der Waals surface area contributed by atoms with Crippen LogP contribution in [0.4, 0.5) is 4.39 Å². The molecular formula is C14H18FN3O2. The van der Waals surface area contributed by atoms with Crippen LogP contribution in [0.25, 0.3) is 0 Å². The Morgan fingerprint density at radius 3 is 2.85 bits per heavy atom. The lowest BCUT2D eigenvalue weighted by molar-refractivity contribution is 0.272. The van der Waals surface area contributed by atoms with E-state index in [1.165, 1.54) is 6.07 Å². The summed E-state index contributed by atoms with van der Waals surface area (Å²) in [5.74, 6) is 0.637. The van der Waals surface area contributed by atoms with Crippen LogP contribution >= 0.6 is 0 Å². The van der Waals surface area contributed by atoms with E-state index in [1.54, 1.807) is 13.0 Å². The first-order valence-electron chi connectivity index (χ1n) is 6.55. The molecule has 1 aromatic carbocycles. The molecule has 0 aliphatic rings.